The number of methoxy groups -OCH3 is 1. The molecule has 5 aromatic rings. The molecule has 0 spiro atoms. The van der Waals surface area contributed by atoms with Gasteiger partial charge in [-0.15, -0.1) is 10.2 Å². The molecule has 6 rings (SSSR count). The molecule has 0 bridgehead atoms. The van der Waals surface area contributed by atoms with Gasteiger partial charge in [-0.25, -0.2) is 13.1 Å². The number of aliphatic imine (C=N–C) groups is 1. The summed E-state index contributed by atoms with van der Waals surface area (Å²) in [7, 11) is -2.18. The van der Waals surface area contributed by atoms with Gasteiger partial charge in [0.1, 0.15) is 23.4 Å². The van der Waals surface area contributed by atoms with E-state index in [0.717, 1.165) is 27.9 Å². The smallest absolute Gasteiger partial charge is 0.240 e. The number of aryl methyl sites for hydroxylation is 4. The Morgan fingerprint density at radius 3 is 2.20 bits per heavy atom. The standard InChI is InChI=1S/C44H54ClN7O7S/c1-27-10-11-32(40-28(2)51-59-29(40)3)24-38(27)60(54,55)47-21-19-44(7,8)58-23-22-57-43(5,6)18-20-46-39(53)26-36-42-50-49-30(4)52(42)37-17-16-34(56-9)25-35(37)41(48-36)31-12-14-33(45)15-13-31/h10-17,24-25,36,47H,18-23,26H2,1-9H3,(H,46,53)/t36-/m0/s1. The topological polar surface area (TPSA) is 172 Å². The first-order valence-electron chi connectivity index (χ1n) is 19.9. The van der Waals surface area contributed by atoms with Crippen molar-refractivity contribution in [1.29, 1.82) is 0 Å². The monoisotopic (exact) mass is 859 g/mol. The fourth-order valence-electron chi connectivity index (χ4n) is 7.21. The number of sulfonamides is 1. The van der Waals surface area contributed by atoms with Crippen molar-refractivity contribution < 1.29 is 31.9 Å². The fraction of sp³-hybridized carbons (Fsp3) is 0.432. The Hall–Kier alpha value is -4.93. The van der Waals surface area contributed by atoms with E-state index in [1.54, 1.807) is 33.1 Å². The average molecular weight is 860 g/mol. The third-order valence-corrected chi connectivity index (χ3v) is 12.4. The minimum atomic E-state index is -3.80. The van der Waals surface area contributed by atoms with E-state index < -0.39 is 27.3 Å². The Bertz CT molecular complexity index is 2460. The molecule has 0 saturated carbocycles. The van der Waals surface area contributed by atoms with Crippen molar-refractivity contribution in [2.75, 3.05) is 33.4 Å². The summed E-state index contributed by atoms with van der Waals surface area (Å²) >= 11 is 6.24. The Kier molecular flexibility index (Phi) is 13.7. The van der Waals surface area contributed by atoms with Crippen molar-refractivity contribution in [1.82, 2.24) is 30.0 Å². The lowest BCUT2D eigenvalue weighted by molar-refractivity contribution is -0.122. The predicted octanol–water partition coefficient (Wildman–Crippen LogP) is 7.57. The number of nitrogens with one attached hydrogen (secondary N) is 2. The van der Waals surface area contributed by atoms with E-state index in [1.165, 1.54) is 0 Å². The van der Waals surface area contributed by atoms with Crippen LogP contribution in [-0.2, 0) is 24.3 Å². The van der Waals surface area contributed by atoms with Crippen molar-refractivity contribution in [2.45, 2.75) is 96.8 Å². The highest BCUT2D eigenvalue weighted by Gasteiger charge is 2.31. The molecule has 1 aliphatic rings. The molecule has 1 aliphatic heterocycles. The summed E-state index contributed by atoms with van der Waals surface area (Å²) in [5.74, 6) is 2.35. The van der Waals surface area contributed by atoms with Crippen LogP contribution >= 0.6 is 11.6 Å². The highest BCUT2D eigenvalue weighted by atomic mass is 35.5. The lowest BCUT2D eigenvalue weighted by Gasteiger charge is -2.29. The lowest BCUT2D eigenvalue weighted by atomic mass is 10.00. The second kappa shape index (κ2) is 18.4. The quantitative estimate of drug-likeness (QED) is 0.0838. The molecule has 0 radical (unpaired) electrons. The van der Waals surface area contributed by atoms with E-state index in [1.807, 2.05) is 94.6 Å². The van der Waals surface area contributed by atoms with Crippen molar-refractivity contribution in [2.24, 2.45) is 4.99 Å². The zero-order valence-corrected chi connectivity index (χ0v) is 37.3. The van der Waals surface area contributed by atoms with Crippen molar-refractivity contribution >= 4 is 33.2 Å². The second-order valence-electron chi connectivity index (χ2n) is 16.2. The molecule has 16 heteroatoms. The van der Waals surface area contributed by atoms with Gasteiger partial charge in [-0.1, -0.05) is 41.0 Å². The zero-order chi connectivity index (χ0) is 43.4. The fourth-order valence-corrected chi connectivity index (χ4v) is 8.64. The van der Waals surface area contributed by atoms with Gasteiger partial charge in [0, 0.05) is 34.8 Å². The molecule has 2 N–H and O–H groups in total. The maximum absolute atomic E-state index is 13.5. The van der Waals surface area contributed by atoms with Crippen molar-refractivity contribution in [3.63, 3.8) is 0 Å². The number of hydrogen-bond acceptors (Lipinski definition) is 11. The summed E-state index contributed by atoms with van der Waals surface area (Å²) in [6.45, 7) is 16.2. The normalized spacial score (nSPS) is 14.3. The van der Waals surface area contributed by atoms with Gasteiger partial charge in [0.05, 0.1) is 59.9 Å². The number of fused-ring (bicyclic) bond motifs is 3. The molecule has 0 fully saturated rings. The first kappa shape index (κ1) is 44.6. The van der Waals surface area contributed by atoms with E-state index in [4.69, 9.17) is 35.3 Å². The number of carbonyl (C=O) groups is 1. The van der Waals surface area contributed by atoms with Gasteiger partial charge >= 0.3 is 0 Å². The Balaban J connectivity index is 0.991. The molecule has 14 nitrogen and oxygen atoms in total. The average Bonchev–Trinajstić information content (AvgIpc) is 3.70. The molecule has 320 valence electrons. The molecular formula is C44H54ClN7O7S. The predicted molar refractivity (Wildman–Crippen MR) is 231 cm³/mol. The highest BCUT2D eigenvalue weighted by Crippen LogP contribution is 2.35. The van der Waals surface area contributed by atoms with Crippen LogP contribution in [-0.4, -0.2) is 84.6 Å². The van der Waals surface area contributed by atoms with Crippen LogP contribution < -0.4 is 14.8 Å². The number of aromatic nitrogens is 4. The summed E-state index contributed by atoms with van der Waals surface area (Å²) in [6, 6.07) is 17.9. The van der Waals surface area contributed by atoms with Crippen LogP contribution in [0.25, 0.3) is 16.8 Å². The maximum atomic E-state index is 13.5. The molecule has 0 unspecified atom stereocenters. The van der Waals surface area contributed by atoms with Crippen molar-refractivity contribution in [3.05, 3.63) is 105 Å². The van der Waals surface area contributed by atoms with E-state index in [0.29, 0.717) is 77.8 Å². The maximum Gasteiger partial charge on any atom is 0.240 e. The molecule has 3 heterocycles. The van der Waals surface area contributed by atoms with Gasteiger partial charge in [0.15, 0.2) is 5.82 Å². The van der Waals surface area contributed by atoms with E-state index >= 15 is 0 Å². The van der Waals surface area contributed by atoms with Gasteiger partial charge in [-0.3, -0.25) is 14.4 Å². The van der Waals surface area contributed by atoms with Crippen LogP contribution in [0.3, 0.4) is 0 Å². The van der Waals surface area contributed by atoms with Crippen molar-refractivity contribution in [3.8, 4) is 22.6 Å². The number of carbonyl (C=O) groups excluding carboxylic acids is 1. The van der Waals surface area contributed by atoms with Crippen LogP contribution in [0.15, 0.2) is 75.1 Å². The SMILES string of the molecule is COc1ccc2c(c1)C(c1ccc(Cl)cc1)=N[C@@H](CC(=O)NCCC(C)(C)OCCOC(C)(C)CCNS(=O)(=O)c1cc(-c3c(C)noc3C)ccc1C)c1nnc(C)n1-2. The van der Waals surface area contributed by atoms with Crippen LogP contribution in [0.2, 0.25) is 5.02 Å². The molecule has 60 heavy (non-hydrogen) atoms. The van der Waals surface area contributed by atoms with Gasteiger partial charge in [0.2, 0.25) is 15.9 Å². The highest BCUT2D eigenvalue weighted by molar-refractivity contribution is 7.89. The molecule has 0 saturated heterocycles. The first-order valence-corrected chi connectivity index (χ1v) is 21.8. The number of benzene rings is 3. The first-order chi connectivity index (χ1) is 28.4. The molecule has 2 aromatic heterocycles. The van der Waals surface area contributed by atoms with Gasteiger partial charge in [-0.2, -0.15) is 0 Å². The van der Waals surface area contributed by atoms with Crippen LogP contribution in [0.5, 0.6) is 5.75 Å². The summed E-state index contributed by atoms with van der Waals surface area (Å²) in [5.41, 5.74) is 4.86. The van der Waals surface area contributed by atoms with Crippen LogP contribution in [0.1, 0.15) is 92.8 Å². The lowest BCUT2D eigenvalue weighted by Crippen LogP contribution is -2.36. The number of rotatable bonds is 18. The summed E-state index contributed by atoms with van der Waals surface area (Å²) < 4.78 is 54.6. The Morgan fingerprint density at radius 2 is 1.55 bits per heavy atom. The molecule has 1 atom stereocenters. The number of hydrogen-bond donors (Lipinski definition) is 2. The number of nitrogens with zero attached hydrogens (tertiary/aromatic N) is 5. The Labute approximate surface area is 357 Å². The van der Waals surface area contributed by atoms with Gasteiger partial charge in [0.25, 0.3) is 0 Å². The van der Waals surface area contributed by atoms with Gasteiger partial charge < -0.3 is 24.1 Å². The number of ether oxygens (including phenoxy) is 3. The molecule has 1 amide bonds. The largest absolute Gasteiger partial charge is 0.497 e. The molecule has 3 aromatic carbocycles. The number of halogens is 1. The number of amides is 1. The summed E-state index contributed by atoms with van der Waals surface area (Å²) in [5, 5.41) is 16.5. The molecule has 0 aliphatic carbocycles. The van der Waals surface area contributed by atoms with Crippen LogP contribution in [0, 0.1) is 27.7 Å². The van der Waals surface area contributed by atoms with E-state index in [2.05, 4.69) is 25.4 Å². The Morgan fingerprint density at radius 1 is 0.883 bits per heavy atom. The third-order valence-electron chi connectivity index (χ3n) is 10.6. The van der Waals surface area contributed by atoms with E-state index in [-0.39, 0.29) is 23.8 Å². The third kappa shape index (κ3) is 10.5. The zero-order valence-electron chi connectivity index (χ0n) is 35.7. The second-order valence-corrected chi connectivity index (χ2v) is 18.3. The minimum absolute atomic E-state index is 0.0507. The van der Waals surface area contributed by atoms with Crippen LogP contribution in [0.4, 0.5) is 0 Å². The van der Waals surface area contributed by atoms with E-state index in [9.17, 15) is 13.2 Å². The minimum Gasteiger partial charge on any atom is -0.497 e. The summed E-state index contributed by atoms with van der Waals surface area (Å²) in [4.78, 5) is 18.8. The molecular weight excluding hydrogens is 806 g/mol. The van der Waals surface area contributed by atoms with Gasteiger partial charge in [-0.05, 0) is 116 Å². The summed E-state index contributed by atoms with van der Waals surface area (Å²) in [6.07, 6.45) is 1.03.